The van der Waals surface area contributed by atoms with Crippen LogP contribution in [0.3, 0.4) is 0 Å². The summed E-state index contributed by atoms with van der Waals surface area (Å²) in [6.45, 7) is 4.64. The number of esters is 2. The topological polar surface area (TPSA) is 108 Å². The first-order chi connectivity index (χ1) is 41.6. The van der Waals surface area contributed by atoms with E-state index in [4.69, 9.17) is 18.9 Å². The molecule has 0 aromatic heterocycles. The zero-order valence-corrected chi connectivity index (χ0v) is 55.2. The van der Waals surface area contributed by atoms with Gasteiger partial charge in [0.15, 0.2) is 6.10 Å². The minimum Gasteiger partial charge on any atom is -0.477 e. The van der Waals surface area contributed by atoms with Crippen molar-refractivity contribution in [3.63, 3.8) is 0 Å². The van der Waals surface area contributed by atoms with E-state index in [1.54, 1.807) is 0 Å². The average molecular weight is 1180 g/mol. The first kappa shape index (κ1) is 80.4. The molecule has 0 fully saturated rings. The number of aliphatic carboxylic acids is 1. The molecule has 9 heteroatoms. The Balaban J connectivity index is 4.05. The molecule has 0 bridgehead atoms. The maximum atomic E-state index is 12.9. The standard InChI is InChI=1S/C76H127NO8/c1-6-8-10-12-14-16-18-20-22-24-26-27-28-29-30-31-32-33-34-35-36-37-38-39-40-41-42-43-44-45-46-47-49-51-53-55-57-59-61-63-65-67-74(79)85-72(71-84-76(75(80)81)82-69-68-77(3,4)5)70-83-73(78)66-64-62-60-58-56-54-52-50-48-25-23-21-19-17-15-13-11-9-7-2/h8-11,14-17,20-23,26-27,29-30,32-33,35-36,48,50,72,76H,6-7,12-13,18-19,24-25,28,31,34,37-47,49,51-71H2,1-5H3/p+1/b10-8-,11-9-,16-14-,17-15-,22-20-,23-21-,27-26-,30-29-,33-32-,36-35-,50-48-. The summed E-state index contributed by atoms with van der Waals surface area (Å²) in [4.78, 5) is 37.5. The number of ether oxygens (including phenoxy) is 4. The normalized spacial score (nSPS) is 13.6. The van der Waals surface area contributed by atoms with Crippen molar-refractivity contribution in [3.05, 3.63) is 134 Å². The Morgan fingerprint density at radius 2 is 0.635 bits per heavy atom. The van der Waals surface area contributed by atoms with E-state index in [0.717, 1.165) is 122 Å². The smallest absolute Gasteiger partial charge is 0.361 e. The van der Waals surface area contributed by atoms with Gasteiger partial charge in [-0.1, -0.05) is 282 Å². The van der Waals surface area contributed by atoms with Crippen molar-refractivity contribution >= 4 is 17.9 Å². The number of quaternary nitrogens is 1. The van der Waals surface area contributed by atoms with Crippen molar-refractivity contribution < 1.29 is 42.9 Å². The predicted octanol–water partition coefficient (Wildman–Crippen LogP) is 21.4. The molecule has 0 spiro atoms. The van der Waals surface area contributed by atoms with E-state index in [0.29, 0.717) is 17.4 Å². The zero-order chi connectivity index (χ0) is 61.9. The average Bonchev–Trinajstić information content (AvgIpc) is 3.49. The molecule has 85 heavy (non-hydrogen) atoms. The molecule has 0 aliphatic heterocycles. The van der Waals surface area contributed by atoms with Crippen LogP contribution in [-0.2, 0) is 33.3 Å². The van der Waals surface area contributed by atoms with Crippen molar-refractivity contribution in [1.29, 1.82) is 0 Å². The van der Waals surface area contributed by atoms with E-state index in [2.05, 4.69) is 148 Å². The molecule has 0 heterocycles. The summed E-state index contributed by atoms with van der Waals surface area (Å²) in [5.41, 5.74) is 0. The van der Waals surface area contributed by atoms with Gasteiger partial charge in [-0.05, 0) is 109 Å². The molecule has 0 rings (SSSR count). The molecule has 0 aromatic carbocycles. The summed E-state index contributed by atoms with van der Waals surface area (Å²) in [6, 6.07) is 0. The maximum Gasteiger partial charge on any atom is 0.361 e. The lowest BCUT2D eigenvalue weighted by atomic mass is 10.0. The van der Waals surface area contributed by atoms with Crippen LogP contribution in [0.2, 0.25) is 0 Å². The molecule has 0 aromatic rings. The van der Waals surface area contributed by atoms with Gasteiger partial charge in [0.05, 0.1) is 34.4 Å². The highest BCUT2D eigenvalue weighted by Gasteiger charge is 2.25. The number of carbonyl (C=O) groups is 3. The van der Waals surface area contributed by atoms with Gasteiger partial charge in [0, 0.05) is 12.8 Å². The van der Waals surface area contributed by atoms with Crippen molar-refractivity contribution in [2.45, 2.75) is 283 Å². The van der Waals surface area contributed by atoms with Crippen LogP contribution in [-0.4, -0.2) is 87.4 Å². The van der Waals surface area contributed by atoms with Crippen molar-refractivity contribution in [3.8, 4) is 0 Å². The van der Waals surface area contributed by atoms with E-state index in [9.17, 15) is 19.5 Å². The molecular weight excluding hydrogens is 1050 g/mol. The molecule has 0 saturated heterocycles. The van der Waals surface area contributed by atoms with Crippen LogP contribution in [0.15, 0.2) is 134 Å². The number of allylic oxidation sites excluding steroid dienone is 22. The Morgan fingerprint density at radius 3 is 0.941 bits per heavy atom. The lowest BCUT2D eigenvalue weighted by molar-refractivity contribution is -0.870. The largest absolute Gasteiger partial charge is 0.477 e. The number of unbranched alkanes of at least 4 members (excludes halogenated alkanes) is 25. The molecule has 0 radical (unpaired) electrons. The lowest BCUT2D eigenvalue weighted by Gasteiger charge is -2.25. The van der Waals surface area contributed by atoms with Gasteiger partial charge >= 0.3 is 17.9 Å². The van der Waals surface area contributed by atoms with E-state index in [1.165, 1.54) is 116 Å². The van der Waals surface area contributed by atoms with E-state index < -0.39 is 24.3 Å². The Morgan fingerprint density at radius 1 is 0.353 bits per heavy atom. The number of likely N-dealkylation sites (N-methyl/N-ethyl adjacent to an activating group) is 1. The second kappa shape index (κ2) is 65.4. The number of hydrogen-bond donors (Lipinski definition) is 1. The minimum atomic E-state index is -1.52. The van der Waals surface area contributed by atoms with Crippen molar-refractivity contribution in [2.75, 3.05) is 47.5 Å². The van der Waals surface area contributed by atoms with Gasteiger partial charge in [-0.15, -0.1) is 0 Å². The van der Waals surface area contributed by atoms with Gasteiger partial charge in [-0.3, -0.25) is 9.59 Å². The number of nitrogens with zero attached hydrogens (tertiary/aromatic N) is 1. The highest BCUT2D eigenvalue weighted by molar-refractivity contribution is 5.71. The summed E-state index contributed by atoms with van der Waals surface area (Å²) < 4.78 is 22.9. The van der Waals surface area contributed by atoms with Crippen LogP contribution in [0.25, 0.3) is 0 Å². The third-order valence-electron chi connectivity index (χ3n) is 14.4. The quantitative estimate of drug-likeness (QED) is 0.0211. The first-order valence-corrected chi connectivity index (χ1v) is 34.3. The monoisotopic (exact) mass is 1180 g/mol. The Kier molecular flexibility index (Phi) is 61.9. The van der Waals surface area contributed by atoms with Gasteiger partial charge in [-0.2, -0.15) is 0 Å². The van der Waals surface area contributed by atoms with Crippen LogP contribution < -0.4 is 0 Å². The van der Waals surface area contributed by atoms with Crippen LogP contribution >= 0.6 is 0 Å². The number of rotatable bonds is 62. The van der Waals surface area contributed by atoms with E-state index in [-0.39, 0.29) is 38.6 Å². The zero-order valence-electron chi connectivity index (χ0n) is 55.2. The molecule has 0 aliphatic carbocycles. The van der Waals surface area contributed by atoms with Gasteiger partial charge in [0.25, 0.3) is 6.29 Å². The second-order valence-electron chi connectivity index (χ2n) is 23.7. The highest BCUT2D eigenvalue weighted by atomic mass is 16.7. The fraction of sp³-hybridized carbons (Fsp3) is 0.671. The highest BCUT2D eigenvalue weighted by Crippen LogP contribution is 2.17. The summed E-state index contributed by atoms with van der Waals surface area (Å²) >= 11 is 0. The molecule has 2 unspecified atom stereocenters. The third kappa shape index (κ3) is 66.8. The third-order valence-corrected chi connectivity index (χ3v) is 14.4. The van der Waals surface area contributed by atoms with Crippen molar-refractivity contribution in [2.24, 2.45) is 0 Å². The SMILES string of the molecule is CC/C=C\C/C=C\C/C=C\C/C=C\C/C=C\C/C=C\C/C=C\CCCCCCCCCCCCCCCCCCCCCC(=O)OC(COC(=O)CCCCCCCC/C=C\C/C=C\C/C=C\C/C=C\CC)COC(OCC[N+](C)(C)C)C(=O)O. The molecule has 1 N–H and O–H groups in total. The molecule has 484 valence electrons. The molecule has 2 atom stereocenters. The Labute approximate surface area is 522 Å². The number of carboxylic acid groups (broad SMARTS) is 1. The van der Waals surface area contributed by atoms with Gasteiger partial charge in [0.1, 0.15) is 13.2 Å². The fourth-order valence-corrected chi connectivity index (χ4v) is 9.22. The summed E-state index contributed by atoms with van der Waals surface area (Å²) in [6.07, 6.45) is 91.4. The molecule has 0 saturated carbocycles. The summed E-state index contributed by atoms with van der Waals surface area (Å²) in [5.74, 6) is -2.02. The molecule has 0 aliphatic rings. The summed E-state index contributed by atoms with van der Waals surface area (Å²) in [5, 5.41) is 9.73. The van der Waals surface area contributed by atoms with E-state index in [1.807, 2.05) is 21.1 Å². The number of carboxylic acids is 1. The predicted molar refractivity (Wildman–Crippen MR) is 364 cm³/mol. The Bertz CT molecular complexity index is 1860. The van der Waals surface area contributed by atoms with Crippen LogP contribution in [0, 0.1) is 0 Å². The second-order valence-corrected chi connectivity index (χ2v) is 23.7. The van der Waals surface area contributed by atoms with Crippen LogP contribution in [0.4, 0.5) is 0 Å². The number of carbonyl (C=O) groups excluding carboxylic acids is 2. The van der Waals surface area contributed by atoms with Gasteiger partial charge < -0.3 is 28.5 Å². The first-order valence-electron chi connectivity index (χ1n) is 34.3. The molecule has 0 amide bonds. The molecular formula is C76H128NO8+. The van der Waals surface area contributed by atoms with Gasteiger partial charge in [0.2, 0.25) is 0 Å². The maximum absolute atomic E-state index is 12.9. The van der Waals surface area contributed by atoms with Gasteiger partial charge in [-0.25, -0.2) is 4.79 Å². The number of hydrogen-bond acceptors (Lipinski definition) is 7. The minimum absolute atomic E-state index is 0.181. The summed E-state index contributed by atoms with van der Waals surface area (Å²) in [7, 11) is 5.97. The van der Waals surface area contributed by atoms with Crippen LogP contribution in [0.1, 0.15) is 271 Å². The lowest BCUT2D eigenvalue weighted by Crippen LogP contribution is -2.40. The fourth-order valence-electron chi connectivity index (χ4n) is 9.22. The van der Waals surface area contributed by atoms with Crippen molar-refractivity contribution in [1.82, 2.24) is 0 Å². The Hall–Kier alpha value is -4.57. The molecule has 9 nitrogen and oxygen atoms in total. The van der Waals surface area contributed by atoms with E-state index >= 15 is 0 Å². The van der Waals surface area contributed by atoms with Crippen LogP contribution in [0.5, 0.6) is 0 Å².